The zero-order chi connectivity index (χ0) is 10.8. The van der Waals surface area contributed by atoms with Crippen molar-refractivity contribution in [2.75, 3.05) is 26.6 Å². The van der Waals surface area contributed by atoms with Crippen LogP contribution < -0.4 is 14.8 Å². The van der Waals surface area contributed by atoms with Gasteiger partial charge in [-0.05, 0) is 18.2 Å². The average Bonchev–Trinajstić information content (AvgIpc) is 2.77. The van der Waals surface area contributed by atoms with Crippen LogP contribution in [0.4, 0.5) is 0 Å². The summed E-state index contributed by atoms with van der Waals surface area (Å²) in [6.07, 6.45) is 0. The summed E-state index contributed by atoms with van der Waals surface area (Å²) in [6.45, 7) is 2.80. The number of hydrogen-bond acceptors (Lipinski definition) is 5. The molecular weight excluding hydrogens is 226 g/mol. The molecule has 86 valence electrons. The third kappa shape index (κ3) is 2.11. The molecule has 0 saturated carbocycles. The maximum atomic E-state index is 5.41. The van der Waals surface area contributed by atoms with Crippen LogP contribution in [0.15, 0.2) is 23.1 Å². The number of morpholine rings is 1. The van der Waals surface area contributed by atoms with Gasteiger partial charge in [0.15, 0.2) is 11.5 Å². The van der Waals surface area contributed by atoms with Crippen LogP contribution in [0.3, 0.4) is 0 Å². The Hall–Kier alpha value is -0.910. The molecule has 1 unspecified atom stereocenters. The van der Waals surface area contributed by atoms with E-state index in [-0.39, 0.29) is 0 Å². The molecule has 1 aromatic rings. The van der Waals surface area contributed by atoms with E-state index in [1.807, 2.05) is 12.1 Å². The number of thioether (sulfide) groups is 1. The van der Waals surface area contributed by atoms with Gasteiger partial charge < -0.3 is 19.5 Å². The summed E-state index contributed by atoms with van der Waals surface area (Å²) in [5.74, 6) is 1.67. The zero-order valence-corrected chi connectivity index (χ0v) is 9.59. The molecule has 0 spiro atoms. The van der Waals surface area contributed by atoms with E-state index in [1.165, 1.54) is 4.90 Å². The molecule has 2 heterocycles. The van der Waals surface area contributed by atoms with E-state index in [1.54, 1.807) is 11.8 Å². The molecule has 0 radical (unpaired) electrons. The Kier molecular flexibility index (Phi) is 2.90. The van der Waals surface area contributed by atoms with Gasteiger partial charge in [0.2, 0.25) is 6.79 Å². The largest absolute Gasteiger partial charge is 0.454 e. The van der Waals surface area contributed by atoms with E-state index in [9.17, 15) is 0 Å². The summed E-state index contributed by atoms with van der Waals surface area (Å²) in [4.78, 5) is 1.17. The average molecular weight is 239 g/mol. The van der Waals surface area contributed by atoms with Gasteiger partial charge in [-0.1, -0.05) is 0 Å². The third-order valence-corrected chi connectivity index (χ3v) is 3.62. The van der Waals surface area contributed by atoms with Gasteiger partial charge in [0, 0.05) is 11.4 Å². The highest BCUT2D eigenvalue weighted by atomic mass is 32.2. The van der Waals surface area contributed by atoms with E-state index in [4.69, 9.17) is 14.2 Å². The fourth-order valence-corrected chi connectivity index (χ4v) is 2.75. The molecule has 16 heavy (non-hydrogen) atoms. The molecule has 0 amide bonds. The highest BCUT2D eigenvalue weighted by Crippen LogP contribution is 2.36. The molecule has 0 bridgehead atoms. The highest BCUT2D eigenvalue weighted by Gasteiger charge is 2.17. The predicted octanol–water partition coefficient (Wildman–Crippen LogP) is 1.45. The van der Waals surface area contributed by atoms with Crippen molar-refractivity contribution in [2.24, 2.45) is 0 Å². The number of rotatable bonds is 2. The van der Waals surface area contributed by atoms with Gasteiger partial charge >= 0.3 is 0 Å². The van der Waals surface area contributed by atoms with Gasteiger partial charge in [-0.3, -0.25) is 0 Å². The molecule has 3 rings (SSSR count). The molecule has 1 atom stereocenters. The lowest BCUT2D eigenvalue weighted by molar-refractivity contribution is 0.100. The van der Waals surface area contributed by atoms with Gasteiger partial charge in [-0.25, -0.2) is 0 Å². The number of fused-ring (bicyclic) bond motifs is 1. The summed E-state index contributed by atoms with van der Waals surface area (Å²) in [6, 6.07) is 6.02. The van der Waals surface area contributed by atoms with Crippen LogP contribution in [0.5, 0.6) is 11.5 Å². The maximum Gasteiger partial charge on any atom is 0.231 e. The van der Waals surface area contributed by atoms with Crippen LogP contribution in [0.1, 0.15) is 0 Å². The lowest BCUT2D eigenvalue weighted by Gasteiger charge is -2.23. The summed E-state index contributed by atoms with van der Waals surface area (Å²) in [5, 5.41) is 3.73. The first-order chi connectivity index (χ1) is 7.92. The molecule has 5 heteroatoms. The minimum absolute atomic E-state index is 0.328. The van der Waals surface area contributed by atoms with Crippen molar-refractivity contribution in [2.45, 2.75) is 10.3 Å². The Balaban J connectivity index is 1.69. The molecule has 2 aliphatic rings. The second kappa shape index (κ2) is 4.53. The van der Waals surface area contributed by atoms with Gasteiger partial charge in [0.25, 0.3) is 0 Å². The van der Waals surface area contributed by atoms with Gasteiger partial charge in [0.05, 0.1) is 18.6 Å². The monoisotopic (exact) mass is 239 g/mol. The third-order valence-electron chi connectivity index (χ3n) is 2.51. The first-order valence-electron chi connectivity index (χ1n) is 5.29. The molecule has 2 aliphatic heterocycles. The van der Waals surface area contributed by atoms with Gasteiger partial charge in [-0.2, -0.15) is 0 Å². The Morgan fingerprint density at radius 2 is 2.19 bits per heavy atom. The van der Waals surface area contributed by atoms with Crippen LogP contribution in [0.25, 0.3) is 0 Å². The number of hydrogen-bond donors (Lipinski definition) is 1. The number of ether oxygens (including phenoxy) is 3. The molecule has 0 aliphatic carbocycles. The van der Waals surface area contributed by atoms with Crippen molar-refractivity contribution >= 4 is 11.8 Å². The highest BCUT2D eigenvalue weighted by molar-refractivity contribution is 8.00. The molecule has 1 aromatic carbocycles. The molecule has 1 fully saturated rings. The van der Waals surface area contributed by atoms with Crippen molar-refractivity contribution < 1.29 is 14.2 Å². The zero-order valence-electron chi connectivity index (χ0n) is 8.77. The van der Waals surface area contributed by atoms with E-state index in [0.717, 1.165) is 31.3 Å². The van der Waals surface area contributed by atoms with Crippen molar-refractivity contribution in [1.82, 2.24) is 5.32 Å². The van der Waals surface area contributed by atoms with Crippen LogP contribution in [-0.4, -0.2) is 31.9 Å². The Morgan fingerprint density at radius 3 is 3.06 bits per heavy atom. The standard InChI is InChI=1S/C11H13NO3S/c1-2-9-10(15-7-14-9)5-8(1)16-11-6-13-4-3-12-11/h1-2,5,11-12H,3-4,6-7H2. The second-order valence-electron chi connectivity index (χ2n) is 3.65. The minimum atomic E-state index is 0.328. The predicted molar refractivity (Wildman–Crippen MR) is 61.0 cm³/mol. The number of benzene rings is 1. The first-order valence-corrected chi connectivity index (χ1v) is 6.17. The Morgan fingerprint density at radius 1 is 1.25 bits per heavy atom. The van der Waals surface area contributed by atoms with E-state index in [2.05, 4.69) is 11.4 Å². The van der Waals surface area contributed by atoms with E-state index in [0.29, 0.717) is 12.2 Å². The summed E-state index contributed by atoms with van der Waals surface area (Å²) >= 11 is 1.76. The summed E-state index contributed by atoms with van der Waals surface area (Å²) in [7, 11) is 0. The maximum absolute atomic E-state index is 5.41. The van der Waals surface area contributed by atoms with Crippen molar-refractivity contribution in [3.8, 4) is 11.5 Å². The molecular formula is C11H13NO3S. The van der Waals surface area contributed by atoms with Crippen LogP contribution in [0.2, 0.25) is 0 Å². The summed E-state index contributed by atoms with van der Waals surface area (Å²) in [5.41, 5.74) is 0. The van der Waals surface area contributed by atoms with Crippen molar-refractivity contribution in [3.05, 3.63) is 18.2 Å². The summed E-state index contributed by atoms with van der Waals surface area (Å²) < 4.78 is 16.0. The van der Waals surface area contributed by atoms with Crippen LogP contribution in [0, 0.1) is 0 Å². The Bertz CT molecular complexity index is 379. The van der Waals surface area contributed by atoms with Gasteiger partial charge in [-0.15, -0.1) is 11.8 Å². The minimum Gasteiger partial charge on any atom is -0.454 e. The fraction of sp³-hybridized carbons (Fsp3) is 0.455. The molecule has 4 nitrogen and oxygen atoms in total. The Labute approximate surface area is 98.3 Å². The molecule has 0 aromatic heterocycles. The van der Waals surface area contributed by atoms with Crippen molar-refractivity contribution in [1.29, 1.82) is 0 Å². The fourth-order valence-electron chi connectivity index (χ4n) is 1.73. The second-order valence-corrected chi connectivity index (χ2v) is 4.93. The van der Waals surface area contributed by atoms with Crippen molar-refractivity contribution in [3.63, 3.8) is 0 Å². The normalized spacial score (nSPS) is 23.4. The first kappa shape index (κ1) is 10.3. The number of nitrogens with one attached hydrogen (secondary N) is 1. The lowest BCUT2D eigenvalue weighted by atomic mass is 10.3. The quantitative estimate of drug-likeness (QED) is 0.846. The van der Waals surface area contributed by atoms with E-state index >= 15 is 0 Å². The van der Waals surface area contributed by atoms with Crippen LogP contribution in [-0.2, 0) is 4.74 Å². The SMILES string of the molecule is c1cc2c(cc1SC1COCCN1)OCO2. The lowest BCUT2D eigenvalue weighted by Crippen LogP contribution is -2.38. The van der Waals surface area contributed by atoms with Gasteiger partial charge in [0.1, 0.15) is 0 Å². The molecule has 1 saturated heterocycles. The van der Waals surface area contributed by atoms with Crippen LogP contribution >= 0.6 is 11.8 Å². The molecule has 1 N–H and O–H groups in total. The topological polar surface area (TPSA) is 39.7 Å². The van der Waals surface area contributed by atoms with E-state index < -0.39 is 0 Å². The smallest absolute Gasteiger partial charge is 0.231 e.